The summed E-state index contributed by atoms with van der Waals surface area (Å²) in [5, 5.41) is 7.69. The molecular weight excluding hydrogens is 416 g/mol. The minimum Gasteiger partial charge on any atom is -0.496 e. The van der Waals surface area contributed by atoms with E-state index in [4.69, 9.17) is 9.84 Å². The van der Waals surface area contributed by atoms with E-state index in [0.29, 0.717) is 23.7 Å². The summed E-state index contributed by atoms with van der Waals surface area (Å²) in [6.45, 7) is 8.58. The molecular formula is C26H32N4O3. The number of benzene rings is 2. The van der Waals surface area contributed by atoms with Crippen molar-refractivity contribution in [3.05, 3.63) is 71.9 Å². The van der Waals surface area contributed by atoms with Gasteiger partial charge in [-0.1, -0.05) is 58.0 Å². The molecule has 3 rings (SSSR count). The van der Waals surface area contributed by atoms with E-state index < -0.39 is 0 Å². The second-order valence-electron chi connectivity index (χ2n) is 8.89. The van der Waals surface area contributed by atoms with Crippen molar-refractivity contribution in [3.8, 4) is 11.4 Å². The number of para-hydroxylation sites is 2. The van der Waals surface area contributed by atoms with Crippen LogP contribution >= 0.6 is 0 Å². The number of amides is 2. The molecule has 0 bridgehead atoms. The highest BCUT2D eigenvalue weighted by Crippen LogP contribution is 2.26. The highest BCUT2D eigenvalue weighted by Gasteiger charge is 2.24. The van der Waals surface area contributed by atoms with Crippen molar-refractivity contribution in [2.24, 2.45) is 0 Å². The van der Waals surface area contributed by atoms with E-state index in [9.17, 15) is 9.59 Å². The first-order chi connectivity index (χ1) is 15.7. The van der Waals surface area contributed by atoms with E-state index in [1.165, 1.54) is 7.11 Å². The summed E-state index contributed by atoms with van der Waals surface area (Å²) in [7, 11) is 1.53. The maximum atomic E-state index is 13.2. The highest BCUT2D eigenvalue weighted by atomic mass is 16.5. The molecule has 174 valence electrons. The smallest absolute Gasteiger partial charge is 0.258 e. The third-order valence-electron chi connectivity index (χ3n) is 5.20. The lowest BCUT2D eigenvalue weighted by atomic mass is 9.92. The third kappa shape index (κ3) is 5.80. The highest BCUT2D eigenvalue weighted by molar-refractivity contribution is 6.00. The number of ether oxygens (including phenoxy) is 1. The number of rotatable bonds is 8. The van der Waals surface area contributed by atoms with Gasteiger partial charge >= 0.3 is 0 Å². The molecule has 0 aliphatic carbocycles. The van der Waals surface area contributed by atoms with Gasteiger partial charge in [0.15, 0.2) is 0 Å². The third-order valence-corrected chi connectivity index (χ3v) is 5.20. The topological polar surface area (TPSA) is 76.5 Å². The van der Waals surface area contributed by atoms with E-state index in [1.54, 1.807) is 27.8 Å². The number of nitrogens with zero attached hydrogens (tertiary/aromatic N) is 3. The van der Waals surface area contributed by atoms with Crippen LogP contribution in [0.5, 0.6) is 5.75 Å². The Bertz CT molecular complexity index is 1100. The Balaban J connectivity index is 1.85. The van der Waals surface area contributed by atoms with Gasteiger partial charge in [-0.2, -0.15) is 5.10 Å². The fourth-order valence-electron chi connectivity index (χ4n) is 3.47. The Morgan fingerprint density at radius 2 is 1.73 bits per heavy atom. The van der Waals surface area contributed by atoms with Crippen LogP contribution in [-0.2, 0) is 10.2 Å². The zero-order valence-corrected chi connectivity index (χ0v) is 20.0. The average molecular weight is 449 g/mol. The second kappa shape index (κ2) is 10.3. The molecule has 0 aliphatic rings. The molecule has 2 amide bonds. The molecule has 3 aromatic rings. The fraction of sp³-hybridized carbons (Fsp3) is 0.346. The zero-order valence-electron chi connectivity index (χ0n) is 20.0. The number of carbonyl (C=O) groups is 2. The molecule has 0 aliphatic heterocycles. The maximum absolute atomic E-state index is 13.2. The molecule has 0 radical (unpaired) electrons. The van der Waals surface area contributed by atoms with Gasteiger partial charge < -0.3 is 15.0 Å². The quantitative estimate of drug-likeness (QED) is 0.543. The lowest BCUT2D eigenvalue weighted by Gasteiger charge is -2.22. The second-order valence-corrected chi connectivity index (χ2v) is 8.89. The molecule has 1 N–H and O–H groups in total. The Labute approximate surface area is 195 Å². The molecule has 7 nitrogen and oxygen atoms in total. The molecule has 0 saturated heterocycles. The maximum Gasteiger partial charge on any atom is 0.258 e. The molecule has 0 fully saturated rings. The van der Waals surface area contributed by atoms with Crippen LogP contribution < -0.4 is 10.1 Å². The minimum absolute atomic E-state index is 0.0739. The number of hydrogen-bond acceptors (Lipinski definition) is 4. The van der Waals surface area contributed by atoms with Gasteiger partial charge in [0.25, 0.3) is 5.91 Å². The molecule has 0 atom stereocenters. The van der Waals surface area contributed by atoms with Crippen LogP contribution in [0.15, 0.2) is 60.7 Å². The van der Waals surface area contributed by atoms with Crippen molar-refractivity contribution in [1.29, 1.82) is 0 Å². The molecule has 0 saturated carbocycles. The van der Waals surface area contributed by atoms with Gasteiger partial charge in [0.2, 0.25) is 5.91 Å². The van der Waals surface area contributed by atoms with Crippen molar-refractivity contribution in [3.63, 3.8) is 0 Å². The first kappa shape index (κ1) is 24.0. The first-order valence-corrected chi connectivity index (χ1v) is 11.1. The molecule has 1 aromatic heterocycles. The van der Waals surface area contributed by atoms with Gasteiger partial charge in [0.05, 0.1) is 24.1 Å². The van der Waals surface area contributed by atoms with Crippen LogP contribution in [0.3, 0.4) is 0 Å². The van der Waals surface area contributed by atoms with E-state index in [1.807, 2.05) is 49.4 Å². The van der Waals surface area contributed by atoms with Gasteiger partial charge in [-0.05, 0) is 30.7 Å². The van der Waals surface area contributed by atoms with Crippen molar-refractivity contribution in [2.75, 3.05) is 25.5 Å². The normalized spacial score (nSPS) is 11.2. The lowest BCUT2D eigenvalue weighted by molar-refractivity contribution is -0.116. The predicted octanol–water partition coefficient (Wildman–Crippen LogP) is 4.67. The van der Waals surface area contributed by atoms with Crippen molar-refractivity contribution < 1.29 is 14.3 Å². The summed E-state index contributed by atoms with van der Waals surface area (Å²) in [5.74, 6) is 0.527. The summed E-state index contributed by atoms with van der Waals surface area (Å²) < 4.78 is 7.06. The Kier molecular flexibility index (Phi) is 7.53. The van der Waals surface area contributed by atoms with Crippen molar-refractivity contribution >= 4 is 17.6 Å². The summed E-state index contributed by atoms with van der Waals surface area (Å²) >= 11 is 0. The van der Waals surface area contributed by atoms with E-state index >= 15 is 0 Å². The Morgan fingerprint density at radius 1 is 1.06 bits per heavy atom. The van der Waals surface area contributed by atoms with Gasteiger partial charge in [-0.3, -0.25) is 9.59 Å². The average Bonchev–Trinajstić information content (AvgIpc) is 3.23. The largest absolute Gasteiger partial charge is 0.496 e. The molecule has 2 aromatic carbocycles. The zero-order chi connectivity index (χ0) is 24.0. The molecule has 0 unspecified atom stereocenters. The lowest BCUT2D eigenvalue weighted by Crippen LogP contribution is -2.39. The SMILES string of the molecule is CCCN(CC(=O)Nc1cc(C(C)(C)C)nn1-c1ccccc1)C(=O)c1ccccc1OC. The minimum atomic E-state index is -0.288. The van der Waals surface area contributed by atoms with E-state index in [-0.39, 0.29) is 23.8 Å². The summed E-state index contributed by atoms with van der Waals surface area (Å²) in [4.78, 5) is 27.8. The van der Waals surface area contributed by atoms with Crippen LogP contribution in [0, 0.1) is 0 Å². The van der Waals surface area contributed by atoms with Gasteiger partial charge in [-0.25, -0.2) is 4.68 Å². The molecule has 1 heterocycles. The first-order valence-electron chi connectivity index (χ1n) is 11.1. The van der Waals surface area contributed by atoms with Crippen molar-refractivity contribution in [1.82, 2.24) is 14.7 Å². The van der Waals surface area contributed by atoms with Crippen LogP contribution in [-0.4, -0.2) is 46.7 Å². The fourth-order valence-corrected chi connectivity index (χ4v) is 3.47. The van der Waals surface area contributed by atoms with E-state index in [0.717, 1.165) is 17.8 Å². The van der Waals surface area contributed by atoms with Gasteiger partial charge in [0.1, 0.15) is 18.1 Å². The molecule has 0 spiro atoms. The Morgan fingerprint density at radius 3 is 2.36 bits per heavy atom. The molecule has 7 heteroatoms. The summed E-state index contributed by atoms with van der Waals surface area (Å²) in [5.41, 5.74) is 1.95. The van der Waals surface area contributed by atoms with Crippen LogP contribution in [0.2, 0.25) is 0 Å². The molecule has 33 heavy (non-hydrogen) atoms. The number of nitrogens with one attached hydrogen (secondary N) is 1. The predicted molar refractivity (Wildman–Crippen MR) is 130 cm³/mol. The van der Waals surface area contributed by atoms with E-state index in [2.05, 4.69) is 26.1 Å². The van der Waals surface area contributed by atoms with Crippen LogP contribution in [0.1, 0.15) is 50.2 Å². The number of hydrogen-bond donors (Lipinski definition) is 1. The van der Waals surface area contributed by atoms with Crippen molar-refractivity contribution in [2.45, 2.75) is 39.5 Å². The number of methoxy groups -OCH3 is 1. The Hall–Kier alpha value is -3.61. The summed E-state index contributed by atoms with van der Waals surface area (Å²) in [6.07, 6.45) is 0.726. The number of anilines is 1. The summed E-state index contributed by atoms with van der Waals surface area (Å²) in [6, 6.07) is 18.6. The monoisotopic (exact) mass is 448 g/mol. The number of carbonyl (C=O) groups excluding carboxylic acids is 2. The van der Waals surface area contributed by atoms with Crippen LogP contribution in [0.4, 0.5) is 5.82 Å². The standard InChI is InChI=1S/C26H32N4O3/c1-6-16-29(25(32)20-14-10-11-15-21(20)33-5)18-24(31)27-23-17-22(26(2,3)4)28-30(23)19-12-8-7-9-13-19/h7-15,17H,6,16,18H2,1-5H3,(H,27,31). The number of aromatic nitrogens is 2. The van der Waals surface area contributed by atoms with Gasteiger partial charge in [0, 0.05) is 18.0 Å². The van der Waals surface area contributed by atoms with Crippen LogP contribution in [0.25, 0.3) is 5.69 Å². The van der Waals surface area contributed by atoms with Gasteiger partial charge in [-0.15, -0.1) is 0 Å².